The maximum Gasteiger partial charge on any atom is 0.413 e. The van der Waals surface area contributed by atoms with Gasteiger partial charge in [0.15, 0.2) is 0 Å². The molecule has 0 aliphatic heterocycles. The van der Waals surface area contributed by atoms with E-state index in [-0.39, 0.29) is 11.6 Å². The normalized spacial score (nSPS) is 10.3. The topological polar surface area (TPSA) is 110 Å². The summed E-state index contributed by atoms with van der Waals surface area (Å²) in [6.07, 6.45) is -0.666. The van der Waals surface area contributed by atoms with Crippen molar-refractivity contribution < 1.29 is 14.5 Å². The number of aromatic amines is 1. The summed E-state index contributed by atoms with van der Waals surface area (Å²) in [7, 11) is 1.23. The number of ether oxygens (including phenoxy) is 1. The van der Waals surface area contributed by atoms with Crippen LogP contribution in [0.15, 0.2) is 12.1 Å². The molecule has 8 heteroatoms. The van der Waals surface area contributed by atoms with E-state index in [9.17, 15) is 14.9 Å². The van der Waals surface area contributed by atoms with Crippen molar-refractivity contribution in [3.8, 4) is 0 Å². The minimum atomic E-state index is -0.666. The molecule has 8 nitrogen and oxygen atoms in total. The van der Waals surface area contributed by atoms with Gasteiger partial charge in [-0.25, -0.2) is 9.78 Å². The van der Waals surface area contributed by atoms with Crippen molar-refractivity contribution in [1.82, 2.24) is 9.97 Å². The Hall–Kier alpha value is -2.64. The Balaban J connectivity index is 2.48. The van der Waals surface area contributed by atoms with E-state index in [4.69, 9.17) is 0 Å². The van der Waals surface area contributed by atoms with Gasteiger partial charge in [-0.05, 0) is 13.0 Å². The molecule has 0 saturated heterocycles. The molecule has 0 saturated carbocycles. The van der Waals surface area contributed by atoms with E-state index in [0.29, 0.717) is 16.6 Å². The number of amides is 1. The molecule has 18 heavy (non-hydrogen) atoms. The first-order chi connectivity index (χ1) is 8.52. The highest BCUT2D eigenvalue weighted by Gasteiger charge is 2.16. The fourth-order valence-corrected chi connectivity index (χ4v) is 1.61. The van der Waals surface area contributed by atoms with Crippen LogP contribution < -0.4 is 5.32 Å². The van der Waals surface area contributed by atoms with Gasteiger partial charge in [-0.3, -0.25) is 15.4 Å². The Bertz CT molecular complexity index is 634. The van der Waals surface area contributed by atoms with E-state index >= 15 is 0 Å². The highest BCUT2D eigenvalue weighted by molar-refractivity contribution is 5.88. The van der Waals surface area contributed by atoms with Crippen LogP contribution in [0.5, 0.6) is 0 Å². The quantitative estimate of drug-likeness (QED) is 0.625. The van der Waals surface area contributed by atoms with Gasteiger partial charge in [0.25, 0.3) is 5.69 Å². The summed E-state index contributed by atoms with van der Waals surface area (Å²) >= 11 is 0. The van der Waals surface area contributed by atoms with Crippen LogP contribution in [0, 0.1) is 17.0 Å². The number of imidazole rings is 1. The lowest BCUT2D eigenvalue weighted by molar-refractivity contribution is -0.385. The number of nitrogens with zero attached hydrogens (tertiary/aromatic N) is 2. The molecule has 0 spiro atoms. The van der Waals surface area contributed by atoms with E-state index in [2.05, 4.69) is 20.0 Å². The second-order valence-corrected chi connectivity index (χ2v) is 3.56. The van der Waals surface area contributed by atoms with Crippen molar-refractivity contribution in [2.45, 2.75) is 6.92 Å². The molecule has 1 heterocycles. The SMILES string of the molecule is COC(=O)Nc1nc2c(C)c([N+](=O)[O-])ccc2[nH]1. The maximum absolute atomic E-state index is 11.0. The Morgan fingerprint density at radius 1 is 1.56 bits per heavy atom. The first-order valence-corrected chi connectivity index (χ1v) is 5.01. The molecule has 0 atom stereocenters. The zero-order valence-electron chi connectivity index (χ0n) is 9.68. The third-order valence-electron chi connectivity index (χ3n) is 2.48. The van der Waals surface area contributed by atoms with Crippen LogP contribution in [0.25, 0.3) is 11.0 Å². The van der Waals surface area contributed by atoms with Crippen molar-refractivity contribution in [2.75, 3.05) is 12.4 Å². The molecule has 0 fully saturated rings. The largest absolute Gasteiger partial charge is 0.453 e. The van der Waals surface area contributed by atoms with Crippen LogP contribution >= 0.6 is 0 Å². The Labute approximate surface area is 101 Å². The van der Waals surface area contributed by atoms with Crippen molar-refractivity contribution >= 4 is 28.8 Å². The second-order valence-electron chi connectivity index (χ2n) is 3.56. The Morgan fingerprint density at radius 3 is 2.89 bits per heavy atom. The highest BCUT2D eigenvalue weighted by atomic mass is 16.6. The van der Waals surface area contributed by atoms with Crippen LogP contribution in [0.3, 0.4) is 0 Å². The number of nitro benzene ring substituents is 1. The van der Waals surface area contributed by atoms with Gasteiger partial charge in [-0.2, -0.15) is 0 Å². The lowest BCUT2D eigenvalue weighted by atomic mass is 10.1. The number of nitrogens with one attached hydrogen (secondary N) is 2. The van der Waals surface area contributed by atoms with Crippen LogP contribution in [-0.4, -0.2) is 28.1 Å². The zero-order valence-corrected chi connectivity index (χ0v) is 9.68. The van der Waals surface area contributed by atoms with Crippen molar-refractivity contribution in [1.29, 1.82) is 0 Å². The first-order valence-electron chi connectivity index (χ1n) is 5.01. The molecule has 0 aliphatic rings. The van der Waals surface area contributed by atoms with Gasteiger partial charge in [0.05, 0.1) is 23.1 Å². The molecule has 1 amide bonds. The Kier molecular flexibility index (Phi) is 2.84. The third-order valence-corrected chi connectivity index (χ3v) is 2.48. The van der Waals surface area contributed by atoms with Gasteiger partial charge in [0, 0.05) is 6.07 Å². The molecule has 1 aromatic heterocycles. The average Bonchev–Trinajstić information content (AvgIpc) is 2.72. The predicted octanol–water partition coefficient (Wildman–Crippen LogP) is 1.96. The summed E-state index contributed by atoms with van der Waals surface area (Å²) < 4.78 is 4.42. The number of benzene rings is 1. The van der Waals surface area contributed by atoms with E-state index in [0.717, 1.165) is 0 Å². The molecular weight excluding hydrogens is 240 g/mol. The molecule has 0 bridgehead atoms. The standard InChI is InChI=1S/C10H10N4O4/c1-5-7(14(16)17)4-3-6-8(5)12-9(11-6)13-10(15)18-2/h3-4H,1-2H3,(H2,11,12,13,15). The molecule has 1 aromatic carbocycles. The number of rotatable bonds is 2. The molecule has 0 aliphatic carbocycles. The lowest BCUT2D eigenvalue weighted by Gasteiger charge is -1.97. The van der Waals surface area contributed by atoms with Gasteiger partial charge in [0.2, 0.25) is 5.95 Å². The Morgan fingerprint density at radius 2 is 2.28 bits per heavy atom. The zero-order chi connectivity index (χ0) is 13.3. The van der Waals surface area contributed by atoms with Crippen LogP contribution in [0.2, 0.25) is 0 Å². The van der Waals surface area contributed by atoms with Crippen molar-refractivity contribution in [3.05, 3.63) is 27.8 Å². The molecular formula is C10H10N4O4. The number of nitro groups is 1. The van der Waals surface area contributed by atoms with E-state index < -0.39 is 11.0 Å². The number of hydrogen-bond acceptors (Lipinski definition) is 5. The number of anilines is 1. The maximum atomic E-state index is 11.0. The summed E-state index contributed by atoms with van der Waals surface area (Å²) in [5, 5.41) is 13.1. The van der Waals surface area contributed by atoms with Crippen molar-refractivity contribution in [3.63, 3.8) is 0 Å². The van der Waals surface area contributed by atoms with Crippen LogP contribution in [0.4, 0.5) is 16.4 Å². The molecule has 0 radical (unpaired) electrons. The minimum Gasteiger partial charge on any atom is -0.453 e. The van der Waals surface area contributed by atoms with Crippen LogP contribution in [0.1, 0.15) is 5.56 Å². The number of aryl methyl sites for hydroxylation is 1. The molecule has 2 aromatic rings. The number of carbonyl (C=O) groups is 1. The molecule has 94 valence electrons. The van der Waals surface area contributed by atoms with Gasteiger partial charge in [-0.1, -0.05) is 0 Å². The summed E-state index contributed by atoms with van der Waals surface area (Å²) in [6, 6.07) is 2.92. The monoisotopic (exact) mass is 250 g/mol. The van der Waals surface area contributed by atoms with Gasteiger partial charge in [-0.15, -0.1) is 0 Å². The van der Waals surface area contributed by atoms with Gasteiger partial charge in [0.1, 0.15) is 5.52 Å². The predicted molar refractivity (Wildman–Crippen MR) is 63.5 cm³/mol. The second kappa shape index (κ2) is 4.32. The summed E-state index contributed by atoms with van der Waals surface area (Å²) in [4.78, 5) is 28.2. The number of hydrogen-bond donors (Lipinski definition) is 2. The summed E-state index contributed by atoms with van der Waals surface area (Å²) in [5.41, 5.74) is 1.46. The van der Waals surface area contributed by atoms with Crippen LogP contribution in [-0.2, 0) is 4.74 Å². The molecule has 2 rings (SSSR count). The molecule has 2 N–H and O–H groups in total. The number of aromatic nitrogens is 2. The smallest absolute Gasteiger partial charge is 0.413 e. The number of carbonyl (C=O) groups excluding carboxylic acids is 1. The van der Waals surface area contributed by atoms with E-state index in [1.165, 1.54) is 19.2 Å². The first kappa shape index (κ1) is 11.8. The minimum absolute atomic E-state index is 0.0152. The van der Waals surface area contributed by atoms with E-state index in [1.807, 2.05) is 0 Å². The fraction of sp³-hybridized carbons (Fsp3) is 0.200. The molecule has 0 unspecified atom stereocenters. The number of methoxy groups -OCH3 is 1. The van der Waals surface area contributed by atoms with Gasteiger partial charge >= 0.3 is 6.09 Å². The highest BCUT2D eigenvalue weighted by Crippen LogP contribution is 2.26. The summed E-state index contributed by atoms with van der Waals surface area (Å²) in [5.74, 6) is 0.181. The van der Waals surface area contributed by atoms with Gasteiger partial charge < -0.3 is 9.72 Å². The van der Waals surface area contributed by atoms with Crippen molar-refractivity contribution in [2.24, 2.45) is 0 Å². The number of fused-ring (bicyclic) bond motifs is 1. The fourth-order valence-electron chi connectivity index (χ4n) is 1.61. The van der Waals surface area contributed by atoms with E-state index in [1.54, 1.807) is 6.92 Å². The number of H-pyrrole nitrogens is 1. The lowest BCUT2D eigenvalue weighted by Crippen LogP contribution is -2.11. The third kappa shape index (κ3) is 1.95. The average molecular weight is 250 g/mol. The summed E-state index contributed by atoms with van der Waals surface area (Å²) in [6.45, 7) is 1.60.